The zero-order valence-electron chi connectivity index (χ0n) is 10.5. The lowest BCUT2D eigenvalue weighted by Gasteiger charge is -2.20. The molecule has 1 aromatic carbocycles. The number of halogens is 1. The molecule has 0 aliphatic rings. The van der Waals surface area contributed by atoms with E-state index in [1.807, 2.05) is 31.2 Å². The molecule has 17 heavy (non-hydrogen) atoms. The summed E-state index contributed by atoms with van der Waals surface area (Å²) in [6.07, 6.45) is 0.879. The Hall–Kier alpha value is -0.870. The lowest BCUT2D eigenvalue weighted by atomic mass is 10.0. The SMILES string of the molecule is CCC(NC(=O)C(C)NC)c1ccc(Br)cc1. The summed E-state index contributed by atoms with van der Waals surface area (Å²) in [5.41, 5.74) is 1.13. The lowest BCUT2D eigenvalue weighted by Crippen LogP contribution is -2.41. The molecule has 94 valence electrons. The van der Waals surface area contributed by atoms with E-state index in [0.717, 1.165) is 16.5 Å². The Bertz CT molecular complexity index is 364. The minimum Gasteiger partial charge on any atom is -0.348 e. The van der Waals surface area contributed by atoms with Crippen molar-refractivity contribution in [1.82, 2.24) is 10.6 Å². The Balaban J connectivity index is 2.72. The third-order valence-electron chi connectivity index (χ3n) is 2.82. The predicted octanol–water partition coefficient (Wildman–Crippen LogP) is 2.62. The van der Waals surface area contributed by atoms with Crippen LogP contribution in [0.5, 0.6) is 0 Å². The minimum atomic E-state index is -0.167. The maximum atomic E-state index is 11.8. The monoisotopic (exact) mass is 298 g/mol. The molecule has 0 saturated heterocycles. The second-order valence-corrected chi connectivity index (χ2v) is 4.95. The van der Waals surface area contributed by atoms with Crippen LogP contribution < -0.4 is 10.6 Å². The van der Waals surface area contributed by atoms with E-state index in [4.69, 9.17) is 0 Å². The summed E-state index contributed by atoms with van der Waals surface area (Å²) in [7, 11) is 1.78. The molecule has 1 rings (SSSR count). The Morgan fingerprint density at radius 2 is 1.94 bits per heavy atom. The summed E-state index contributed by atoms with van der Waals surface area (Å²) in [5, 5.41) is 5.97. The first-order chi connectivity index (χ1) is 8.08. The highest BCUT2D eigenvalue weighted by Gasteiger charge is 2.16. The van der Waals surface area contributed by atoms with Gasteiger partial charge in [-0.1, -0.05) is 35.0 Å². The molecule has 1 amide bonds. The lowest BCUT2D eigenvalue weighted by molar-refractivity contribution is -0.123. The van der Waals surface area contributed by atoms with Gasteiger partial charge in [-0.25, -0.2) is 0 Å². The number of nitrogens with one attached hydrogen (secondary N) is 2. The van der Waals surface area contributed by atoms with Gasteiger partial charge in [0.2, 0.25) is 5.91 Å². The number of carbonyl (C=O) groups excluding carboxylic acids is 1. The van der Waals surface area contributed by atoms with Crippen LogP contribution in [0.4, 0.5) is 0 Å². The number of amides is 1. The molecule has 2 N–H and O–H groups in total. The summed E-state index contributed by atoms with van der Waals surface area (Å²) < 4.78 is 1.05. The van der Waals surface area contributed by atoms with Gasteiger partial charge < -0.3 is 10.6 Å². The van der Waals surface area contributed by atoms with Crippen LogP contribution in [0.15, 0.2) is 28.7 Å². The molecule has 0 radical (unpaired) electrons. The molecule has 0 heterocycles. The third kappa shape index (κ3) is 4.13. The van der Waals surface area contributed by atoms with Crippen LogP contribution in [0.2, 0.25) is 0 Å². The molecule has 2 unspecified atom stereocenters. The highest BCUT2D eigenvalue weighted by molar-refractivity contribution is 9.10. The molecule has 0 bridgehead atoms. The van der Waals surface area contributed by atoms with Gasteiger partial charge in [0, 0.05) is 4.47 Å². The van der Waals surface area contributed by atoms with Crippen molar-refractivity contribution in [3.05, 3.63) is 34.3 Å². The molecule has 3 nitrogen and oxygen atoms in total. The maximum absolute atomic E-state index is 11.8. The van der Waals surface area contributed by atoms with Gasteiger partial charge in [0.05, 0.1) is 12.1 Å². The van der Waals surface area contributed by atoms with Gasteiger partial charge in [-0.2, -0.15) is 0 Å². The van der Waals surface area contributed by atoms with E-state index >= 15 is 0 Å². The minimum absolute atomic E-state index is 0.0299. The molecule has 0 aliphatic carbocycles. The third-order valence-corrected chi connectivity index (χ3v) is 3.35. The topological polar surface area (TPSA) is 41.1 Å². The fourth-order valence-electron chi connectivity index (χ4n) is 1.54. The molecule has 0 saturated carbocycles. The maximum Gasteiger partial charge on any atom is 0.237 e. The van der Waals surface area contributed by atoms with Crippen molar-refractivity contribution in [2.45, 2.75) is 32.4 Å². The predicted molar refractivity (Wildman–Crippen MR) is 73.8 cm³/mol. The number of carbonyl (C=O) groups is 1. The van der Waals surface area contributed by atoms with Gasteiger partial charge in [0.25, 0.3) is 0 Å². The average Bonchev–Trinajstić information content (AvgIpc) is 2.35. The van der Waals surface area contributed by atoms with E-state index < -0.39 is 0 Å². The summed E-state index contributed by atoms with van der Waals surface area (Å²) >= 11 is 3.40. The Morgan fingerprint density at radius 1 is 1.35 bits per heavy atom. The van der Waals surface area contributed by atoms with E-state index in [2.05, 4.69) is 33.5 Å². The number of rotatable bonds is 5. The van der Waals surface area contributed by atoms with Crippen LogP contribution in [0.1, 0.15) is 31.9 Å². The molecule has 0 spiro atoms. The van der Waals surface area contributed by atoms with Gasteiger partial charge in [-0.05, 0) is 38.1 Å². The first kappa shape index (κ1) is 14.2. The van der Waals surface area contributed by atoms with Crippen molar-refractivity contribution in [1.29, 1.82) is 0 Å². The fourth-order valence-corrected chi connectivity index (χ4v) is 1.81. The van der Waals surface area contributed by atoms with Gasteiger partial charge in [0.15, 0.2) is 0 Å². The van der Waals surface area contributed by atoms with E-state index in [0.29, 0.717) is 0 Å². The van der Waals surface area contributed by atoms with Gasteiger partial charge in [-0.3, -0.25) is 4.79 Å². The standard InChI is InChI=1S/C13H19BrN2O/c1-4-12(16-13(17)9(2)15-3)10-5-7-11(14)8-6-10/h5-9,12,15H,4H2,1-3H3,(H,16,17). The van der Waals surface area contributed by atoms with Crippen LogP contribution in [-0.4, -0.2) is 19.0 Å². The van der Waals surface area contributed by atoms with E-state index in [1.165, 1.54) is 0 Å². The molecule has 0 fully saturated rings. The van der Waals surface area contributed by atoms with Crippen molar-refractivity contribution in [3.8, 4) is 0 Å². The second kappa shape index (κ2) is 6.77. The molecule has 2 atom stereocenters. The molecular formula is C13H19BrN2O. The quantitative estimate of drug-likeness (QED) is 0.877. The van der Waals surface area contributed by atoms with E-state index in [9.17, 15) is 4.79 Å². The highest BCUT2D eigenvalue weighted by Crippen LogP contribution is 2.19. The van der Waals surface area contributed by atoms with Crippen molar-refractivity contribution in [3.63, 3.8) is 0 Å². The average molecular weight is 299 g/mol. The van der Waals surface area contributed by atoms with Crippen molar-refractivity contribution in [2.24, 2.45) is 0 Å². The Labute approximate surface area is 111 Å². The van der Waals surface area contributed by atoms with Crippen molar-refractivity contribution in [2.75, 3.05) is 7.05 Å². The summed E-state index contributed by atoms with van der Waals surface area (Å²) in [6, 6.07) is 7.95. The first-order valence-electron chi connectivity index (χ1n) is 5.81. The molecule has 0 aliphatic heterocycles. The number of benzene rings is 1. The molecule has 0 aromatic heterocycles. The normalized spacial score (nSPS) is 14.1. The Kier molecular flexibility index (Phi) is 5.65. The molecule has 1 aromatic rings. The molecule has 4 heteroatoms. The zero-order valence-corrected chi connectivity index (χ0v) is 12.0. The summed E-state index contributed by atoms with van der Waals surface area (Å²) in [4.78, 5) is 11.8. The smallest absolute Gasteiger partial charge is 0.237 e. The van der Waals surface area contributed by atoms with E-state index in [-0.39, 0.29) is 18.0 Å². The van der Waals surface area contributed by atoms with Crippen molar-refractivity contribution < 1.29 is 4.79 Å². The molecular weight excluding hydrogens is 280 g/mol. The van der Waals surface area contributed by atoms with Crippen LogP contribution in [0.25, 0.3) is 0 Å². The first-order valence-corrected chi connectivity index (χ1v) is 6.60. The van der Waals surface area contributed by atoms with E-state index in [1.54, 1.807) is 7.05 Å². The van der Waals surface area contributed by atoms with Crippen LogP contribution >= 0.6 is 15.9 Å². The van der Waals surface area contributed by atoms with Gasteiger partial charge in [0.1, 0.15) is 0 Å². The number of hydrogen-bond acceptors (Lipinski definition) is 2. The number of likely N-dealkylation sites (N-methyl/N-ethyl adjacent to an activating group) is 1. The largest absolute Gasteiger partial charge is 0.348 e. The van der Waals surface area contributed by atoms with Gasteiger partial charge in [-0.15, -0.1) is 0 Å². The highest BCUT2D eigenvalue weighted by atomic mass is 79.9. The van der Waals surface area contributed by atoms with Crippen LogP contribution in [0.3, 0.4) is 0 Å². The number of hydrogen-bond donors (Lipinski definition) is 2. The van der Waals surface area contributed by atoms with Gasteiger partial charge >= 0.3 is 0 Å². The fraction of sp³-hybridized carbons (Fsp3) is 0.462. The zero-order chi connectivity index (χ0) is 12.8. The van der Waals surface area contributed by atoms with Crippen LogP contribution in [-0.2, 0) is 4.79 Å². The Morgan fingerprint density at radius 3 is 2.41 bits per heavy atom. The van der Waals surface area contributed by atoms with Crippen molar-refractivity contribution >= 4 is 21.8 Å². The summed E-state index contributed by atoms with van der Waals surface area (Å²) in [6.45, 7) is 3.92. The van der Waals surface area contributed by atoms with Crippen LogP contribution in [0, 0.1) is 0 Å². The summed E-state index contributed by atoms with van der Waals surface area (Å²) in [5.74, 6) is 0.0299. The second-order valence-electron chi connectivity index (χ2n) is 4.03.